The van der Waals surface area contributed by atoms with Gasteiger partial charge in [0.15, 0.2) is 6.10 Å². The zero-order valence-electron chi connectivity index (χ0n) is 13.4. The summed E-state index contributed by atoms with van der Waals surface area (Å²) in [5.41, 5.74) is 1.89. The molecule has 0 saturated carbocycles. The third-order valence-corrected chi connectivity index (χ3v) is 3.90. The van der Waals surface area contributed by atoms with Crippen molar-refractivity contribution < 1.29 is 19.4 Å². The predicted molar refractivity (Wildman–Crippen MR) is 91.5 cm³/mol. The number of halogens is 1. The summed E-state index contributed by atoms with van der Waals surface area (Å²) in [5.74, 6) is -0.666. The van der Waals surface area contributed by atoms with Gasteiger partial charge in [0, 0.05) is 11.6 Å². The first-order valence-corrected chi connectivity index (χ1v) is 7.77. The molecule has 126 valence electrons. The summed E-state index contributed by atoms with van der Waals surface area (Å²) in [5, 5.41) is 12.2. The van der Waals surface area contributed by atoms with E-state index in [2.05, 4.69) is 5.32 Å². The van der Waals surface area contributed by atoms with Crippen molar-refractivity contribution in [1.29, 1.82) is 0 Å². The van der Waals surface area contributed by atoms with Crippen LogP contribution in [0.15, 0.2) is 42.5 Å². The highest BCUT2D eigenvalue weighted by Gasteiger charge is 2.14. The molecule has 0 heterocycles. The lowest BCUT2D eigenvalue weighted by molar-refractivity contribution is -0.127. The largest absolute Gasteiger partial charge is 0.481 e. The van der Waals surface area contributed by atoms with Crippen LogP contribution in [-0.2, 0) is 11.3 Å². The summed E-state index contributed by atoms with van der Waals surface area (Å²) in [7, 11) is 0. The Morgan fingerprint density at radius 2 is 1.88 bits per heavy atom. The van der Waals surface area contributed by atoms with Gasteiger partial charge in [0.2, 0.25) is 0 Å². The molecule has 1 amide bonds. The van der Waals surface area contributed by atoms with Crippen LogP contribution in [0.1, 0.15) is 28.4 Å². The molecule has 0 unspecified atom stereocenters. The van der Waals surface area contributed by atoms with Crippen LogP contribution in [0.25, 0.3) is 0 Å². The summed E-state index contributed by atoms with van der Waals surface area (Å²) in [4.78, 5) is 22.9. The van der Waals surface area contributed by atoms with Crippen molar-refractivity contribution in [2.75, 3.05) is 0 Å². The number of amides is 1. The van der Waals surface area contributed by atoms with Crippen molar-refractivity contribution in [3.05, 3.63) is 64.2 Å². The maximum Gasteiger partial charge on any atom is 0.335 e. The Hall–Kier alpha value is -2.53. The van der Waals surface area contributed by atoms with Crippen LogP contribution in [0.4, 0.5) is 0 Å². The molecule has 0 aliphatic heterocycles. The number of nitrogens with one attached hydrogen (secondary N) is 1. The van der Waals surface area contributed by atoms with Crippen LogP contribution < -0.4 is 10.1 Å². The van der Waals surface area contributed by atoms with Gasteiger partial charge in [-0.1, -0.05) is 23.7 Å². The third kappa shape index (κ3) is 4.73. The van der Waals surface area contributed by atoms with E-state index in [1.807, 2.05) is 6.92 Å². The van der Waals surface area contributed by atoms with Crippen molar-refractivity contribution in [3.63, 3.8) is 0 Å². The fourth-order valence-corrected chi connectivity index (χ4v) is 2.16. The standard InChI is InChI=1S/C18H18ClNO4/c1-11-9-15(7-8-16(11)19)24-12(2)17(21)20-10-13-3-5-14(6-4-13)18(22)23/h3-9,12H,10H2,1-2H3,(H,20,21)(H,22,23)/t12-/m0/s1. The number of aromatic carboxylic acids is 1. The van der Waals surface area contributed by atoms with Crippen LogP contribution in [0.2, 0.25) is 5.02 Å². The van der Waals surface area contributed by atoms with Crippen LogP contribution in [0.5, 0.6) is 5.75 Å². The minimum Gasteiger partial charge on any atom is -0.481 e. The molecule has 0 spiro atoms. The normalized spacial score (nSPS) is 11.6. The van der Waals surface area contributed by atoms with E-state index in [1.165, 1.54) is 12.1 Å². The highest BCUT2D eigenvalue weighted by Crippen LogP contribution is 2.21. The first-order chi connectivity index (χ1) is 11.4. The van der Waals surface area contributed by atoms with Crippen molar-refractivity contribution >= 4 is 23.5 Å². The van der Waals surface area contributed by atoms with Gasteiger partial charge in [-0.3, -0.25) is 4.79 Å². The molecule has 0 radical (unpaired) electrons. The zero-order valence-corrected chi connectivity index (χ0v) is 14.1. The second-order valence-corrected chi connectivity index (χ2v) is 5.80. The Balaban J connectivity index is 1.89. The number of carboxylic acids is 1. The lowest BCUT2D eigenvalue weighted by Crippen LogP contribution is -2.35. The lowest BCUT2D eigenvalue weighted by Gasteiger charge is -2.15. The number of hydrogen-bond acceptors (Lipinski definition) is 3. The average Bonchev–Trinajstić information content (AvgIpc) is 2.56. The molecule has 0 fully saturated rings. The fraction of sp³-hybridized carbons (Fsp3) is 0.222. The summed E-state index contributed by atoms with van der Waals surface area (Å²) < 4.78 is 5.60. The summed E-state index contributed by atoms with van der Waals surface area (Å²) in [6, 6.07) is 11.5. The van der Waals surface area contributed by atoms with E-state index in [9.17, 15) is 9.59 Å². The van der Waals surface area contributed by atoms with E-state index in [4.69, 9.17) is 21.4 Å². The van der Waals surface area contributed by atoms with Crippen molar-refractivity contribution in [2.24, 2.45) is 0 Å². The van der Waals surface area contributed by atoms with Gasteiger partial charge in [0.25, 0.3) is 5.91 Å². The van der Waals surface area contributed by atoms with E-state index in [-0.39, 0.29) is 11.5 Å². The van der Waals surface area contributed by atoms with Gasteiger partial charge in [-0.05, 0) is 55.3 Å². The van der Waals surface area contributed by atoms with E-state index in [0.717, 1.165) is 11.1 Å². The molecule has 0 aromatic heterocycles. The molecule has 0 aliphatic rings. The van der Waals surface area contributed by atoms with Gasteiger partial charge in [0.05, 0.1) is 5.56 Å². The Labute approximate surface area is 145 Å². The minimum atomic E-state index is -0.981. The van der Waals surface area contributed by atoms with Crippen LogP contribution >= 0.6 is 11.6 Å². The molecule has 0 bridgehead atoms. The average molecular weight is 348 g/mol. The topological polar surface area (TPSA) is 75.6 Å². The first-order valence-electron chi connectivity index (χ1n) is 7.39. The van der Waals surface area contributed by atoms with E-state index < -0.39 is 12.1 Å². The predicted octanol–water partition coefficient (Wildman–Crippen LogP) is 3.43. The van der Waals surface area contributed by atoms with Gasteiger partial charge in [0.1, 0.15) is 5.75 Å². The number of rotatable bonds is 6. The number of carbonyl (C=O) groups is 2. The fourth-order valence-electron chi connectivity index (χ4n) is 2.05. The molecule has 5 nitrogen and oxygen atoms in total. The molecule has 24 heavy (non-hydrogen) atoms. The molecule has 2 rings (SSSR count). The molecule has 1 atom stereocenters. The van der Waals surface area contributed by atoms with Crippen LogP contribution in [0, 0.1) is 6.92 Å². The molecule has 2 N–H and O–H groups in total. The third-order valence-electron chi connectivity index (χ3n) is 3.48. The highest BCUT2D eigenvalue weighted by molar-refractivity contribution is 6.31. The lowest BCUT2D eigenvalue weighted by atomic mass is 10.1. The Kier molecular flexibility index (Phi) is 5.82. The number of aryl methyl sites for hydroxylation is 1. The van der Waals surface area contributed by atoms with Crippen molar-refractivity contribution in [1.82, 2.24) is 5.32 Å². The quantitative estimate of drug-likeness (QED) is 0.839. The zero-order chi connectivity index (χ0) is 17.7. The molecule has 2 aromatic rings. The second kappa shape index (κ2) is 7.84. The summed E-state index contributed by atoms with van der Waals surface area (Å²) in [6.45, 7) is 3.82. The number of hydrogen-bond donors (Lipinski definition) is 2. The van der Waals surface area contributed by atoms with Gasteiger partial charge in [-0.2, -0.15) is 0 Å². The van der Waals surface area contributed by atoms with Crippen molar-refractivity contribution in [3.8, 4) is 5.75 Å². The number of benzene rings is 2. The van der Waals surface area contributed by atoms with Crippen LogP contribution in [0.3, 0.4) is 0 Å². The van der Waals surface area contributed by atoms with Gasteiger partial charge in [-0.15, -0.1) is 0 Å². The van der Waals surface area contributed by atoms with E-state index in [0.29, 0.717) is 17.3 Å². The smallest absolute Gasteiger partial charge is 0.335 e. The minimum absolute atomic E-state index is 0.208. The van der Waals surface area contributed by atoms with Crippen molar-refractivity contribution in [2.45, 2.75) is 26.5 Å². The SMILES string of the molecule is Cc1cc(O[C@@H](C)C(=O)NCc2ccc(C(=O)O)cc2)ccc1Cl. The molecule has 2 aromatic carbocycles. The Morgan fingerprint density at radius 3 is 2.46 bits per heavy atom. The van der Waals surface area contributed by atoms with Gasteiger partial charge < -0.3 is 15.2 Å². The second-order valence-electron chi connectivity index (χ2n) is 5.39. The first kappa shape index (κ1) is 17.8. The monoisotopic (exact) mass is 347 g/mol. The molecule has 0 aliphatic carbocycles. The van der Waals surface area contributed by atoms with Crippen LogP contribution in [-0.4, -0.2) is 23.1 Å². The molecular formula is C18H18ClNO4. The maximum absolute atomic E-state index is 12.1. The Bertz CT molecular complexity index is 743. The molecule has 6 heteroatoms. The number of carbonyl (C=O) groups excluding carboxylic acids is 1. The molecule has 0 saturated heterocycles. The maximum atomic E-state index is 12.1. The molecular weight excluding hydrogens is 330 g/mol. The number of carboxylic acid groups (broad SMARTS) is 1. The van der Waals surface area contributed by atoms with Gasteiger partial charge in [-0.25, -0.2) is 4.79 Å². The Morgan fingerprint density at radius 1 is 1.21 bits per heavy atom. The number of ether oxygens (including phenoxy) is 1. The highest BCUT2D eigenvalue weighted by atomic mass is 35.5. The summed E-state index contributed by atoms with van der Waals surface area (Å²) >= 11 is 5.96. The summed E-state index contributed by atoms with van der Waals surface area (Å²) in [6.07, 6.45) is -0.663. The van der Waals surface area contributed by atoms with E-state index >= 15 is 0 Å². The van der Waals surface area contributed by atoms with Gasteiger partial charge >= 0.3 is 5.97 Å². The van der Waals surface area contributed by atoms with E-state index in [1.54, 1.807) is 37.3 Å².